The molecule has 0 radical (unpaired) electrons. The molecule has 3 rings (SSSR count). The van der Waals surface area contributed by atoms with Crippen molar-refractivity contribution in [2.45, 2.75) is 6.18 Å². The van der Waals surface area contributed by atoms with Gasteiger partial charge in [-0.1, -0.05) is 12.1 Å². The van der Waals surface area contributed by atoms with Crippen molar-refractivity contribution in [2.24, 2.45) is 0 Å². The van der Waals surface area contributed by atoms with Gasteiger partial charge in [0.15, 0.2) is 5.69 Å². The van der Waals surface area contributed by atoms with Gasteiger partial charge in [-0.05, 0) is 40.2 Å². The molecule has 0 saturated carbocycles. The summed E-state index contributed by atoms with van der Waals surface area (Å²) in [6.45, 7) is 0. The van der Waals surface area contributed by atoms with Gasteiger partial charge in [-0.15, -0.1) is 11.3 Å². The average molecular weight is 389 g/mol. The van der Waals surface area contributed by atoms with Gasteiger partial charge in [0.25, 0.3) is 0 Å². The molecule has 3 aromatic rings. The molecule has 0 bridgehead atoms. The maximum Gasteiger partial charge on any atom is 0.435 e. The number of para-hydroxylation sites is 2. The molecule has 8 heteroatoms. The van der Waals surface area contributed by atoms with Crippen LogP contribution in [-0.2, 0) is 6.18 Å². The smallest absolute Gasteiger partial charge is 0.435 e. The summed E-state index contributed by atoms with van der Waals surface area (Å²) in [6.07, 6.45) is -4.56. The largest absolute Gasteiger partial charge is 0.506 e. The first-order valence-electron chi connectivity index (χ1n) is 6.06. The third-order valence-electron chi connectivity index (χ3n) is 2.93. The van der Waals surface area contributed by atoms with Crippen LogP contribution in [0.3, 0.4) is 0 Å². The van der Waals surface area contributed by atoms with Crippen molar-refractivity contribution in [3.8, 4) is 22.0 Å². The molecule has 1 N–H and O–H groups in total. The van der Waals surface area contributed by atoms with Gasteiger partial charge in [-0.25, -0.2) is 4.68 Å². The number of phenolic OH excluding ortho intramolecular Hbond substituents is 1. The number of halogens is 4. The van der Waals surface area contributed by atoms with Crippen LogP contribution < -0.4 is 0 Å². The Bertz CT molecular complexity index is 826. The zero-order valence-electron chi connectivity index (χ0n) is 10.8. The maximum atomic E-state index is 13.0. The number of alkyl halides is 3. The number of nitrogens with zero attached hydrogens (tertiary/aromatic N) is 2. The van der Waals surface area contributed by atoms with Gasteiger partial charge < -0.3 is 5.11 Å². The standard InChI is InChI=1S/C14H8BrF3N2OS/c15-8-5-12(22-7-8)10-6-13(14(16,17)18)19-20(10)9-3-1-2-4-11(9)21/h1-7,21H. The molecule has 0 aliphatic rings. The van der Waals surface area contributed by atoms with Crippen molar-refractivity contribution < 1.29 is 18.3 Å². The lowest BCUT2D eigenvalue weighted by Gasteiger charge is -2.08. The Kier molecular flexibility index (Phi) is 3.73. The van der Waals surface area contributed by atoms with Crippen LogP contribution in [-0.4, -0.2) is 14.9 Å². The molecule has 0 amide bonds. The molecular weight excluding hydrogens is 381 g/mol. The number of thiophene rings is 1. The van der Waals surface area contributed by atoms with E-state index in [2.05, 4.69) is 21.0 Å². The highest BCUT2D eigenvalue weighted by atomic mass is 79.9. The van der Waals surface area contributed by atoms with Crippen LogP contribution in [0.15, 0.2) is 46.3 Å². The van der Waals surface area contributed by atoms with E-state index in [-0.39, 0.29) is 17.1 Å². The van der Waals surface area contributed by atoms with Crippen molar-refractivity contribution in [1.82, 2.24) is 9.78 Å². The fourth-order valence-electron chi connectivity index (χ4n) is 1.97. The van der Waals surface area contributed by atoms with Crippen LogP contribution in [0, 0.1) is 0 Å². The molecule has 0 aliphatic heterocycles. The fourth-order valence-corrected chi connectivity index (χ4v) is 3.40. The summed E-state index contributed by atoms with van der Waals surface area (Å²) in [5.41, 5.74) is -0.544. The Morgan fingerprint density at radius 2 is 1.91 bits per heavy atom. The van der Waals surface area contributed by atoms with Crippen molar-refractivity contribution in [2.75, 3.05) is 0 Å². The minimum Gasteiger partial charge on any atom is -0.506 e. The quantitative estimate of drug-likeness (QED) is 0.663. The summed E-state index contributed by atoms with van der Waals surface area (Å²) < 4.78 is 40.8. The van der Waals surface area contributed by atoms with Crippen molar-refractivity contribution >= 4 is 27.3 Å². The molecule has 3 nitrogen and oxygen atoms in total. The van der Waals surface area contributed by atoms with E-state index in [0.717, 1.165) is 15.2 Å². The number of hydrogen-bond donors (Lipinski definition) is 1. The summed E-state index contributed by atoms with van der Waals surface area (Å²) >= 11 is 4.56. The van der Waals surface area contributed by atoms with E-state index >= 15 is 0 Å². The highest BCUT2D eigenvalue weighted by Crippen LogP contribution is 2.37. The van der Waals surface area contributed by atoms with E-state index in [1.165, 1.54) is 23.5 Å². The Labute approximate surface area is 135 Å². The first-order chi connectivity index (χ1) is 10.4. The van der Waals surface area contributed by atoms with Gasteiger partial charge in [-0.2, -0.15) is 18.3 Å². The Hall–Kier alpha value is -1.80. The molecule has 0 aliphatic carbocycles. The number of aromatic hydroxyl groups is 1. The first kappa shape index (κ1) is 15.1. The van der Waals surface area contributed by atoms with E-state index in [0.29, 0.717) is 4.88 Å². The van der Waals surface area contributed by atoms with Gasteiger partial charge in [0.2, 0.25) is 0 Å². The highest BCUT2D eigenvalue weighted by molar-refractivity contribution is 9.10. The molecule has 0 saturated heterocycles. The molecule has 0 fully saturated rings. The predicted molar refractivity (Wildman–Crippen MR) is 81.2 cm³/mol. The van der Waals surface area contributed by atoms with Crippen LogP contribution >= 0.6 is 27.3 Å². The van der Waals surface area contributed by atoms with E-state index in [4.69, 9.17) is 0 Å². The monoisotopic (exact) mass is 388 g/mol. The van der Waals surface area contributed by atoms with Crippen molar-refractivity contribution in [1.29, 1.82) is 0 Å². The number of benzene rings is 1. The molecule has 114 valence electrons. The molecule has 1 aromatic carbocycles. The second-order valence-electron chi connectivity index (χ2n) is 4.44. The summed E-state index contributed by atoms with van der Waals surface area (Å²) in [6, 6.07) is 8.81. The van der Waals surface area contributed by atoms with Crippen LogP contribution in [0.2, 0.25) is 0 Å². The molecular formula is C14H8BrF3N2OS. The van der Waals surface area contributed by atoms with Crippen LogP contribution in [0.4, 0.5) is 13.2 Å². The van der Waals surface area contributed by atoms with Crippen LogP contribution in [0.5, 0.6) is 5.75 Å². The second-order valence-corrected chi connectivity index (χ2v) is 6.27. The molecule has 0 atom stereocenters. The number of phenols is 1. The van der Waals surface area contributed by atoms with Crippen LogP contribution in [0.25, 0.3) is 16.3 Å². The summed E-state index contributed by atoms with van der Waals surface area (Å²) in [7, 11) is 0. The van der Waals surface area contributed by atoms with E-state index < -0.39 is 11.9 Å². The van der Waals surface area contributed by atoms with Gasteiger partial charge in [0, 0.05) is 9.85 Å². The molecule has 0 unspecified atom stereocenters. The van der Waals surface area contributed by atoms with E-state index in [1.807, 2.05) is 0 Å². The summed E-state index contributed by atoms with van der Waals surface area (Å²) in [5.74, 6) is -0.142. The van der Waals surface area contributed by atoms with Gasteiger partial charge in [-0.3, -0.25) is 0 Å². The average Bonchev–Trinajstić information content (AvgIpc) is 3.04. The fraction of sp³-hybridized carbons (Fsp3) is 0.0714. The summed E-state index contributed by atoms with van der Waals surface area (Å²) in [4.78, 5) is 0.609. The lowest BCUT2D eigenvalue weighted by molar-refractivity contribution is -0.141. The zero-order valence-corrected chi connectivity index (χ0v) is 13.2. The van der Waals surface area contributed by atoms with Gasteiger partial charge in [0.1, 0.15) is 11.4 Å². The first-order valence-corrected chi connectivity index (χ1v) is 7.73. The van der Waals surface area contributed by atoms with Gasteiger partial charge >= 0.3 is 6.18 Å². The normalized spacial score (nSPS) is 11.8. The minimum atomic E-state index is -4.56. The lowest BCUT2D eigenvalue weighted by Crippen LogP contribution is -2.07. The highest BCUT2D eigenvalue weighted by Gasteiger charge is 2.35. The van der Waals surface area contributed by atoms with Gasteiger partial charge in [0.05, 0.1) is 10.6 Å². The Morgan fingerprint density at radius 3 is 2.50 bits per heavy atom. The molecule has 22 heavy (non-hydrogen) atoms. The second kappa shape index (κ2) is 5.44. The number of hydrogen-bond acceptors (Lipinski definition) is 3. The SMILES string of the molecule is Oc1ccccc1-n1nc(C(F)(F)F)cc1-c1cc(Br)cs1. The Balaban J connectivity index is 2.24. The predicted octanol–water partition coefficient (Wildman–Crippen LogP) is 5.09. The minimum absolute atomic E-state index is 0.142. The topological polar surface area (TPSA) is 38.0 Å². The number of rotatable bonds is 2. The summed E-state index contributed by atoms with van der Waals surface area (Å²) in [5, 5.41) is 15.3. The maximum absolute atomic E-state index is 13.0. The zero-order chi connectivity index (χ0) is 15.9. The molecule has 0 spiro atoms. The lowest BCUT2D eigenvalue weighted by atomic mass is 10.2. The Morgan fingerprint density at radius 1 is 1.18 bits per heavy atom. The third-order valence-corrected chi connectivity index (χ3v) is 4.64. The molecule has 2 aromatic heterocycles. The number of aromatic nitrogens is 2. The molecule has 2 heterocycles. The van der Waals surface area contributed by atoms with E-state index in [9.17, 15) is 18.3 Å². The van der Waals surface area contributed by atoms with E-state index in [1.54, 1.807) is 23.6 Å². The van der Waals surface area contributed by atoms with Crippen molar-refractivity contribution in [3.63, 3.8) is 0 Å². The van der Waals surface area contributed by atoms with Crippen LogP contribution in [0.1, 0.15) is 5.69 Å². The van der Waals surface area contributed by atoms with Crippen molar-refractivity contribution in [3.05, 3.63) is 51.9 Å². The third kappa shape index (κ3) is 2.76.